The first-order valence-corrected chi connectivity index (χ1v) is 20.5. The summed E-state index contributed by atoms with van der Waals surface area (Å²) in [5, 5.41) is 25.2. The lowest BCUT2D eigenvalue weighted by molar-refractivity contribution is -0.212. The summed E-state index contributed by atoms with van der Waals surface area (Å²) in [5.41, 5.74) is 20.9. The van der Waals surface area contributed by atoms with Crippen LogP contribution in [0.1, 0.15) is 11.1 Å². The number of fused-ring (bicyclic) bond motifs is 3. The SMILES string of the molecule is Cc1ccccc1C([O-])=NS(=O)(=O)OCCOCn1cnc2c(N)ncnc21.Nc1ncnc2c1ncn2COCCO.Nc1ncnc2c1ncn2COCCOS(N)(=O)=O. The van der Waals surface area contributed by atoms with Gasteiger partial charge in [0.15, 0.2) is 34.4 Å². The molecule has 9 N–H and O–H groups in total. The predicted octanol–water partition coefficient (Wildman–Crippen LogP) is -2.26. The van der Waals surface area contributed by atoms with Gasteiger partial charge in [-0.25, -0.2) is 54.2 Å². The monoisotopic (exact) mass is 902 g/mol. The molecule has 332 valence electrons. The number of nitrogen functional groups attached to an aromatic ring is 3. The van der Waals surface area contributed by atoms with Gasteiger partial charge in [-0.15, -0.1) is 0 Å². The van der Waals surface area contributed by atoms with E-state index in [0.717, 1.165) is 0 Å². The van der Waals surface area contributed by atoms with Crippen molar-refractivity contribution in [3.05, 3.63) is 73.4 Å². The average Bonchev–Trinajstić information content (AvgIpc) is 3.97. The molecule has 0 radical (unpaired) electrons. The van der Waals surface area contributed by atoms with E-state index in [0.29, 0.717) is 44.9 Å². The van der Waals surface area contributed by atoms with E-state index in [9.17, 15) is 21.9 Å². The molecule has 0 aliphatic heterocycles. The first kappa shape index (κ1) is 46.4. The minimum absolute atomic E-state index is 0.0102. The average molecular weight is 903 g/mol. The second-order valence-corrected chi connectivity index (χ2v) is 14.5. The molecular weight excluding hydrogens is 863 g/mol. The highest BCUT2D eigenvalue weighted by Gasteiger charge is 2.12. The van der Waals surface area contributed by atoms with E-state index < -0.39 is 26.5 Å². The summed E-state index contributed by atoms with van der Waals surface area (Å²) in [5.74, 6) is -0.0125. The Morgan fingerprint density at radius 3 is 1.48 bits per heavy atom. The molecule has 0 atom stereocenters. The van der Waals surface area contributed by atoms with Gasteiger partial charge in [-0.05, 0) is 18.1 Å². The van der Waals surface area contributed by atoms with E-state index in [1.54, 1.807) is 45.2 Å². The van der Waals surface area contributed by atoms with Crippen LogP contribution in [0.3, 0.4) is 0 Å². The van der Waals surface area contributed by atoms with Gasteiger partial charge in [0.2, 0.25) is 0 Å². The number of hydrogen-bond acceptors (Lipinski definition) is 23. The van der Waals surface area contributed by atoms with E-state index in [1.165, 1.54) is 37.7 Å². The van der Waals surface area contributed by atoms with Gasteiger partial charge in [-0.2, -0.15) is 21.2 Å². The molecule has 0 spiro atoms. The van der Waals surface area contributed by atoms with Gasteiger partial charge >= 0.3 is 20.6 Å². The van der Waals surface area contributed by atoms with E-state index in [2.05, 4.69) is 62.8 Å². The van der Waals surface area contributed by atoms with Crippen LogP contribution in [0.4, 0.5) is 17.5 Å². The Kier molecular flexibility index (Phi) is 16.3. The molecule has 0 unspecified atom stereocenters. The number of nitrogens with two attached hydrogens (primary N) is 4. The molecule has 7 rings (SSSR count). The maximum atomic E-state index is 12.0. The fourth-order valence-corrected chi connectivity index (χ4v) is 5.86. The van der Waals surface area contributed by atoms with Gasteiger partial charge in [0.25, 0.3) is 0 Å². The number of aromatic nitrogens is 12. The number of aryl methyl sites for hydroxylation is 1. The van der Waals surface area contributed by atoms with Gasteiger partial charge in [0.1, 0.15) is 55.7 Å². The molecule has 0 saturated heterocycles. The smallest absolute Gasteiger partial charge is 0.380 e. The van der Waals surface area contributed by atoms with Crippen molar-refractivity contribution < 1.29 is 49.6 Å². The maximum absolute atomic E-state index is 12.0. The molecule has 0 bridgehead atoms. The highest BCUT2D eigenvalue weighted by Crippen LogP contribution is 2.16. The third-order valence-corrected chi connectivity index (χ3v) is 9.07. The molecule has 0 fully saturated rings. The van der Waals surface area contributed by atoms with Crippen LogP contribution in [0.15, 0.2) is 66.6 Å². The lowest BCUT2D eigenvalue weighted by Gasteiger charge is -2.13. The highest BCUT2D eigenvalue weighted by molar-refractivity contribution is 7.85. The number of rotatable bonds is 18. The van der Waals surface area contributed by atoms with E-state index in [4.69, 9.17) is 36.5 Å². The van der Waals surface area contributed by atoms with Crippen molar-refractivity contribution in [1.29, 1.82) is 0 Å². The third-order valence-electron chi connectivity index (χ3n) is 7.72. The standard InChI is InChI=1S/C16H18N6O5S.C8H12N6O4S.C8H11N5O2/c1-11-4-2-3-5-12(11)16(23)21-28(24,25)27-7-6-26-10-22-9-20-13-14(17)18-8-19-15(13)22;9-7-6-8(12-3-11-7)14(4-13-6)5-17-1-2-18-19(10,15)16;9-7-6-8(11-3-10-7)13(4-12-6)5-15-2-1-14/h2-5,8-9H,6-7,10H2,1H3,(H,21,23)(H2,17,18,19);3-4H,1-2,5H2,(H2,9,11,12)(H2,10,15,16);3-4,14H,1-2,5H2,(H2,9,10,11)/p-1. The molecule has 6 aromatic heterocycles. The molecule has 0 amide bonds. The van der Waals surface area contributed by atoms with Crippen LogP contribution < -0.4 is 27.4 Å². The lowest BCUT2D eigenvalue weighted by Crippen LogP contribution is -2.23. The molecule has 0 aliphatic carbocycles. The quantitative estimate of drug-likeness (QED) is 0.0344. The zero-order valence-corrected chi connectivity index (χ0v) is 34.2. The normalized spacial score (nSPS) is 12.0. The van der Waals surface area contributed by atoms with Crippen molar-refractivity contribution in [2.24, 2.45) is 9.54 Å². The van der Waals surface area contributed by atoms with Gasteiger partial charge in [-0.1, -0.05) is 24.3 Å². The molecule has 28 nitrogen and oxygen atoms in total. The van der Waals surface area contributed by atoms with Crippen LogP contribution in [0.25, 0.3) is 33.5 Å². The molecule has 1 aromatic carbocycles. The summed E-state index contributed by atoms with van der Waals surface area (Å²) < 4.78 is 77.3. The summed E-state index contributed by atoms with van der Waals surface area (Å²) in [7, 11) is -8.32. The van der Waals surface area contributed by atoms with Crippen molar-refractivity contribution >= 4 is 77.5 Å². The minimum Gasteiger partial charge on any atom is -0.858 e. The van der Waals surface area contributed by atoms with E-state index in [1.807, 2.05) is 0 Å². The minimum atomic E-state index is -4.38. The van der Waals surface area contributed by atoms with Crippen molar-refractivity contribution in [2.45, 2.75) is 27.1 Å². The van der Waals surface area contributed by atoms with Crippen molar-refractivity contribution in [3.63, 3.8) is 0 Å². The Morgan fingerprint density at radius 2 is 1.06 bits per heavy atom. The molecule has 7 aromatic rings. The molecule has 6 heterocycles. The molecular formula is C32H40N17O11S2-. The van der Waals surface area contributed by atoms with Crippen molar-refractivity contribution in [1.82, 2.24) is 58.6 Å². The van der Waals surface area contributed by atoms with Crippen LogP contribution in [0.2, 0.25) is 0 Å². The Hall–Kier alpha value is -6.64. The second-order valence-electron chi connectivity index (χ2n) is 12.0. The predicted molar refractivity (Wildman–Crippen MR) is 216 cm³/mol. The van der Waals surface area contributed by atoms with E-state index >= 15 is 0 Å². The highest BCUT2D eigenvalue weighted by atomic mass is 32.2. The zero-order valence-electron chi connectivity index (χ0n) is 32.6. The number of ether oxygens (including phenoxy) is 3. The van der Waals surface area contributed by atoms with Gasteiger partial charge in [0.05, 0.1) is 58.6 Å². The number of hydrogen-bond donors (Lipinski definition) is 5. The summed E-state index contributed by atoms with van der Waals surface area (Å²) in [6, 6.07) is 6.53. The van der Waals surface area contributed by atoms with Gasteiger partial charge in [0, 0.05) is 5.90 Å². The fraction of sp³-hybridized carbons (Fsp3) is 0.312. The topological polar surface area (TPSA) is 405 Å². The fourth-order valence-electron chi connectivity index (χ4n) is 4.93. The van der Waals surface area contributed by atoms with Crippen molar-refractivity contribution in [2.75, 3.05) is 56.8 Å². The Balaban J connectivity index is 0.000000186. The Morgan fingerprint density at radius 1 is 0.645 bits per heavy atom. The summed E-state index contributed by atoms with van der Waals surface area (Å²) in [6.07, 6.45) is 8.55. The van der Waals surface area contributed by atoms with Crippen LogP contribution in [0.5, 0.6) is 0 Å². The largest absolute Gasteiger partial charge is 0.858 e. The first-order chi connectivity index (χ1) is 29.7. The number of anilines is 3. The number of imidazole rings is 3. The molecule has 62 heavy (non-hydrogen) atoms. The number of aliphatic hydroxyl groups is 1. The van der Waals surface area contributed by atoms with Crippen LogP contribution >= 0.6 is 0 Å². The van der Waals surface area contributed by atoms with Crippen LogP contribution in [-0.4, -0.2) is 126 Å². The number of nitrogens with zero attached hydrogens (tertiary/aromatic N) is 13. The summed E-state index contributed by atoms with van der Waals surface area (Å²) in [6.45, 7) is 1.93. The molecule has 30 heteroatoms. The molecule has 0 saturated carbocycles. The zero-order chi connectivity index (χ0) is 44.7. The second kappa shape index (κ2) is 21.7. The van der Waals surface area contributed by atoms with Crippen LogP contribution in [0, 0.1) is 6.92 Å². The summed E-state index contributed by atoms with van der Waals surface area (Å²) >= 11 is 0. The molecule has 0 aliphatic rings. The maximum Gasteiger partial charge on any atom is 0.380 e. The number of aliphatic hydroxyl groups excluding tert-OH is 1. The Bertz CT molecular complexity index is 2820. The van der Waals surface area contributed by atoms with Gasteiger partial charge in [-0.3, -0.25) is 17.9 Å². The van der Waals surface area contributed by atoms with E-state index in [-0.39, 0.29) is 77.0 Å². The third kappa shape index (κ3) is 13.2. The Labute approximate surface area is 351 Å². The van der Waals surface area contributed by atoms with Gasteiger partial charge < -0.3 is 41.6 Å². The summed E-state index contributed by atoms with van der Waals surface area (Å²) in [4.78, 5) is 35.8. The van der Waals surface area contributed by atoms with Crippen LogP contribution in [-0.2, 0) is 63.4 Å². The van der Waals surface area contributed by atoms with Crippen molar-refractivity contribution in [3.8, 4) is 0 Å². The number of benzene rings is 1. The lowest BCUT2D eigenvalue weighted by atomic mass is 10.1. The first-order valence-electron chi connectivity index (χ1n) is 17.6.